The molecule has 2 aromatic rings. The van der Waals surface area contributed by atoms with E-state index in [1.54, 1.807) is 12.1 Å². The van der Waals surface area contributed by atoms with E-state index >= 15 is 0 Å². The Morgan fingerprint density at radius 3 is 3.16 bits per heavy atom. The average molecular weight is 379 g/mol. The summed E-state index contributed by atoms with van der Waals surface area (Å²) in [4.78, 5) is 26.8. The highest BCUT2D eigenvalue weighted by Gasteiger charge is 2.16. The van der Waals surface area contributed by atoms with Gasteiger partial charge in [-0.2, -0.15) is 0 Å². The molecule has 1 aliphatic heterocycles. The van der Waals surface area contributed by atoms with E-state index in [-0.39, 0.29) is 23.5 Å². The molecule has 1 saturated heterocycles. The molecular weight excluding hydrogens is 362 g/mol. The topological polar surface area (TPSA) is 94.4 Å². The molecule has 1 aliphatic rings. The first-order chi connectivity index (χ1) is 12.1. The number of thiazole rings is 1. The van der Waals surface area contributed by atoms with Gasteiger partial charge < -0.3 is 10.1 Å². The van der Waals surface area contributed by atoms with Crippen molar-refractivity contribution in [3.63, 3.8) is 0 Å². The molecule has 1 atom stereocenters. The molecule has 0 spiro atoms. The molecule has 0 radical (unpaired) electrons. The Bertz CT molecular complexity index is 759. The Morgan fingerprint density at radius 1 is 1.52 bits per heavy atom. The first-order valence-corrected chi connectivity index (χ1v) is 9.70. The summed E-state index contributed by atoms with van der Waals surface area (Å²) in [6.45, 7) is 1.32. The number of thioether (sulfide) groups is 1. The lowest BCUT2D eigenvalue weighted by atomic mass is 10.1. The van der Waals surface area contributed by atoms with Crippen molar-refractivity contribution in [1.29, 1.82) is 0 Å². The number of nitrogens with zero attached hydrogens (tertiary/aromatic N) is 2. The summed E-state index contributed by atoms with van der Waals surface area (Å²) in [6.07, 6.45) is 2.18. The third kappa shape index (κ3) is 5.00. The summed E-state index contributed by atoms with van der Waals surface area (Å²) < 4.78 is 6.22. The molecular formula is C16H17N3O4S2. The highest BCUT2D eigenvalue weighted by Crippen LogP contribution is 2.29. The van der Waals surface area contributed by atoms with Gasteiger partial charge in [0, 0.05) is 36.2 Å². The molecule has 7 nitrogen and oxygen atoms in total. The zero-order valence-electron chi connectivity index (χ0n) is 13.3. The number of hydrogen-bond acceptors (Lipinski definition) is 7. The number of carbonyl (C=O) groups is 1. The van der Waals surface area contributed by atoms with E-state index in [1.165, 1.54) is 35.2 Å². The number of ether oxygens (including phenoxy) is 1. The van der Waals surface area contributed by atoms with E-state index in [1.807, 2.05) is 5.38 Å². The van der Waals surface area contributed by atoms with Crippen LogP contribution in [0.5, 0.6) is 0 Å². The fourth-order valence-electron chi connectivity index (χ4n) is 2.45. The number of rotatable bonds is 7. The molecule has 1 aromatic heterocycles. The first kappa shape index (κ1) is 17.8. The fourth-order valence-corrected chi connectivity index (χ4v) is 4.11. The number of nitro groups is 1. The fraction of sp³-hybridized carbons (Fsp3) is 0.375. The number of carbonyl (C=O) groups excluding carboxylic acids is 1. The zero-order chi connectivity index (χ0) is 17.6. The van der Waals surface area contributed by atoms with Crippen LogP contribution in [0.1, 0.15) is 12.8 Å². The second kappa shape index (κ2) is 8.41. The van der Waals surface area contributed by atoms with Crippen molar-refractivity contribution in [1.82, 2.24) is 10.3 Å². The lowest BCUT2D eigenvalue weighted by Gasteiger charge is -2.10. The molecule has 132 valence electrons. The van der Waals surface area contributed by atoms with E-state index in [4.69, 9.17) is 4.74 Å². The van der Waals surface area contributed by atoms with Crippen molar-refractivity contribution < 1.29 is 14.5 Å². The molecule has 2 heterocycles. The van der Waals surface area contributed by atoms with Crippen molar-refractivity contribution in [3.05, 3.63) is 39.8 Å². The van der Waals surface area contributed by atoms with Crippen molar-refractivity contribution in [2.75, 3.05) is 18.9 Å². The van der Waals surface area contributed by atoms with Gasteiger partial charge in [-0.05, 0) is 12.8 Å². The van der Waals surface area contributed by atoms with E-state index < -0.39 is 4.92 Å². The van der Waals surface area contributed by atoms with Gasteiger partial charge >= 0.3 is 0 Å². The third-order valence-corrected chi connectivity index (χ3v) is 5.73. The Balaban J connectivity index is 1.52. The summed E-state index contributed by atoms with van der Waals surface area (Å²) in [5, 5.41) is 15.6. The summed E-state index contributed by atoms with van der Waals surface area (Å²) in [7, 11) is 0. The Morgan fingerprint density at radius 2 is 2.40 bits per heavy atom. The van der Waals surface area contributed by atoms with Gasteiger partial charge in [-0.3, -0.25) is 14.9 Å². The molecule has 0 aliphatic carbocycles. The monoisotopic (exact) mass is 379 g/mol. The van der Waals surface area contributed by atoms with Crippen LogP contribution in [0.25, 0.3) is 11.3 Å². The van der Waals surface area contributed by atoms with Crippen LogP contribution in [0.4, 0.5) is 5.69 Å². The van der Waals surface area contributed by atoms with Gasteiger partial charge in [-0.1, -0.05) is 23.9 Å². The summed E-state index contributed by atoms with van der Waals surface area (Å²) in [5.74, 6) is 0.238. The molecule has 1 amide bonds. The van der Waals surface area contributed by atoms with Crippen LogP contribution < -0.4 is 5.32 Å². The first-order valence-electron chi connectivity index (χ1n) is 7.83. The van der Waals surface area contributed by atoms with E-state index in [0.717, 1.165) is 23.8 Å². The summed E-state index contributed by atoms with van der Waals surface area (Å²) in [5.41, 5.74) is 1.41. The lowest BCUT2D eigenvalue weighted by molar-refractivity contribution is -0.384. The van der Waals surface area contributed by atoms with Crippen LogP contribution in [0.3, 0.4) is 0 Å². The molecule has 1 N–H and O–H groups in total. The van der Waals surface area contributed by atoms with Gasteiger partial charge in [0.15, 0.2) is 4.34 Å². The normalized spacial score (nSPS) is 16.7. The van der Waals surface area contributed by atoms with E-state index in [0.29, 0.717) is 17.8 Å². The Labute approximate surface area is 152 Å². The largest absolute Gasteiger partial charge is 0.376 e. The average Bonchev–Trinajstić information content (AvgIpc) is 3.30. The lowest BCUT2D eigenvalue weighted by Crippen LogP contribution is -2.32. The van der Waals surface area contributed by atoms with Crippen molar-refractivity contribution in [2.24, 2.45) is 0 Å². The third-order valence-electron chi connectivity index (χ3n) is 3.71. The molecule has 1 fully saturated rings. The summed E-state index contributed by atoms with van der Waals surface area (Å²) >= 11 is 2.78. The molecule has 0 bridgehead atoms. The number of benzene rings is 1. The van der Waals surface area contributed by atoms with Crippen molar-refractivity contribution >= 4 is 34.7 Å². The van der Waals surface area contributed by atoms with E-state index in [9.17, 15) is 14.9 Å². The number of non-ortho nitro benzene ring substituents is 1. The SMILES string of the molecule is O=C(CSc1nc(-c2cccc([N+](=O)[O-])c2)cs1)NC[C@H]1CCCO1. The summed E-state index contributed by atoms with van der Waals surface area (Å²) in [6, 6.07) is 6.37. The minimum Gasteiger partial charge on any atom is -0.376 e. The second-order valence-electron chi connectivity index (χ2n) is 5.53. The maximum atomic E-state index is 11.9. The second-order valence-corrected chi connectivity index (χ2v) is 7.61. The number of nitrogens with one attached hydrogen (secondary N) is 1. The van der Waals surface area contributed by atoms with Crippen LogP contribution >= 0.6 is 23.1 Å². The minimum atomic E-state index is -0.427. The maximum Gasteiger partial charge on any atom is 0.270 e. The molecule has 0 unspecified atom stereocenters. The Kier molecular flexibility index (Phi) is 6.00. The van der Waals surface area contributed by atoms with Gasteiger partial charge in [0.25, 0.3) is 5.69 Å². The Hall–Kier alpha value is -1.97. The van der Waals surface area contributed by atoms with Crippen molar-refractivity contribution in [3.8, 4) is 11.3 Å². The minimum absolute atomic E-state index is 0.0354. The molecule has 25 heavy (non-hydrogen) atoms. The van der Waals surface area contributed by atoms with Crippen LogP contribution in [0, 0.1) is 10.1 Å². The molecule has 1 aromatic carbocycles. The molecule has 3 rings (SSSR count). The van der Waals surface area contributed by atoms with Crippen LogP contribution in [-0.4, -0.2) is 40.8 Å². The van der Waals surface area contributed by atoms with Gasteiger partial charge in [-0.25, -0.2) is 4.98 Å². The predicted molar refractivity (Wildman–Crippen MR) is 96.9 cm³/mol. The van der Waals surface area contributed by atoms with Crippen LogP contribution in [0.2, 0.25) is 0 Å². The zero-order valence-corrected chi connectivity index (χ0v) is 15.0. The van der Waals surface area contributed by atoms with E-state index in [2.05, 4.69) is 10.3 Å². The quantitative estimate of drug-likeness (QED) is 0.451. The highest BCUT2D eigenvalue weighted by molar-refractivity contribution is 8.01. The van der Waals surface area contributed by atoms with Gasteiger partial charge in [-0.15, -0.1) is 11.3 Å². The van der Waals surface area contributed by atoms with Crippen LogP contribution in [-0.2, 0) is 9.53 Å². The molecule has 9 heteroatoms. The van der Waals surface area contributed by atoms with Gasteiger partial charge in [0.1, 0.15) is 0 Å². The number of aromatic nitrogens is 1. The maximum absolute atomic E-state index is 11.9. The molecule has 0 saturated carbocycles. The van der Waals surface area contributed by atoms with Crippen LogP contribution in [0.15, 0.2) is 34.0 Å². The number of hydrogen-bond donors (Lipinski definition) is 1. The predicted octanol–water partition coefficient (Wildman–Crippen LogP) is 3.11. The highest BCUT2D eigenvalue weighted by atomic mass is 32.2. The number of amides is 1. The number of nitro benzene ring substituents is 1. The smallest absolute Gasteiger partial charge is 0.270 e. The van der Waals surface area contributed by atoms with Gasteiger partial charge in [0.2, 0.25) is 5.91 Å². The van der Waals surface area contributed by atoms with Gasteiger partial charge in [0.05, 0.1) is 22.5 Å². The van der Waals surface area contributed by atoms with Crippen molar-refractivity contribution in [2.45, 2.75) is 23.3 Å². The standard InChI is InChI=1S/C16H17N3O4S2/c20-15(17-8-13-5-2-6-23-13)10-25-16-18-14(9-24-16)11-3-1-4-12(7-11)19(21)22/h1,3-4,7,9,13H,2,5-6,8,10H2,(H,17,20)/t13-/m1/s1.